The molecule has 0 unspecified atom stereocenters. The van der Waals surface area contributed by atoms with Gasteiger partial charge in [0, 0.05) is 30.2 Å². The van der Waals surface area contributed by atoms with Gasteiger partial charge in [0.05, 0.1) is 19.2 Å². The van der Waals surface area contributed by atoms with E-state index in [2.05, 4.69) is 0 Å². The number of ketones is 1. The monoisotopic (exact) mass is 392 g/mol. The first kappa shape index (κ1) is 19.1. The van der Waals surface area contributed by atoms with Crippen molar-refractivity contribution in [1.82, 2.24) is 9.47 Å². The number of benzene rings is 2. The molecule has 29 heavy (non-hydrogen) atoms. The van der Waals surface area contributed by atoms with E-state index in [9.17, 15) is 9.59 Å². The number of nitrogens with zero attached hydrogens (tertiary/aromatic N) is 2. The van der Waals surface area contributed by atoms with Gasteiger partial charge < -0.3 is 18.9 Å². The van der Waals surface area contributed by atoms with Gasteiger partial charge in [-0.25, -0.2) is 0 Å². The zero-order valence-electron chi connectivity index (χ0n) is 16.5. The summed E-state index contributed by atoms with van der Waals surface area (Å²) in [5.74, 6) is 0.695. The van der Waals surface area contributed by atoms with Crippen LogP contribution in [0.4, 0.5) is 0 Å². The van der Waals surface area contributed by atoms with Crippen LogP contribution in [0.25, 0.3) is 10.9 Å². The van der Waals surface area contributed by atoms with Crippen molar-refractivity contribution >= 4 is 22.6 Å². The first-order valence-electron chi connectivity index (χ1n) is 9.85. The van der Waals surface area contributed by atoms with Crippen LogP contribution in [0.2, 0.25) is 0 Å². The Labute approximate surface area is 169 Å². The van der Waals surface area contributed by atoms with E-state index in [1.807, 2.05) is 53.1 Å². The molecule has 1 saturated heterocycles. The molecule has 1 aliphatic heterocycles. The van der Waals surface area contributed by atoms with Crippen molar-refractivity contribution < 1.29 is 19.1 Å². The van der Waals surface area contributed by atoms with Gasteiger partial charge in [0.1, 0.15) is 18.1 Å². The summed E-state index contributed by atoms with van der Waals surface area (Å²) in [5.41, 5.74) is 1.38. The van der Waals surface area contributed by atoms with Gasteiger partial charge in [0.25, 0.3) is 11.7 Å². The molecule has 0 atom stereocenters. The topological polar surface area (TPSA) is 60.8 Å². The number of methoxy groups -OCH3 is 1. The summed E-state index contributed by atoms with van der Waals surface area (Å²) in [6.45, 7) is 2.34. The number of carbonyl (C=O) groups is 2. The van der Waals surface area contributed by atoms with E-state index in [0.717, 1.165) is 35.2 Å². The van der Waals surface area contributed by atoms with E-state index in [1.165, 1.54) is 0 Å². The Morgan fingerprint density at radius 1 is 0.966 bits per heavy atom. The predicted molar refractivity (Wildman–Crippen MR) is 111 cm³/mol. The van der Waals surface area contributed by atoms with Crippen LogP contribution in [0.3, 0.4) is 0 Å². The molecule has 0 N–H and O–H groups in total. The number of amides is 1. The van der Waals surface area contributed by atoms with Crippen LogP contribution in [0.15, 0.2) is 54.7 Å². The van der Waals surface area contributed by atoms with E-state index < -0.39 is 11.7 Å². The maximum absolute atomic E-state index is 12.9. The third-order valence-corrected chi connectivity index (χ3v) is 5.28. The van der Waals surface area contributed by atoms with E-state index in [0.29, 0.717) is 31.8 Å². The number of ether oxygens (including phenoxy) is 2. The lowest BCUT2D eigenvalue weighted by molar-refractivity contribution is -0.125. The summed E-state index contributed by atoms with van der Waals surface area (Å²) in [6, 6.07) is 15.1. The zero-order valence-corrected chi connectivity index (χ0v) is 16.5. The molecule has 0 bridgehead atoms. The Morgan fingerprint density at radius 2 is 1.66 bits per heavy atom. The van der Waals surface area contributed by atoms with Crippen LogP contribution in [0, 0.1) is 0 Å². The van der Waals surface area contributed by atoms with Crippen LogP contribution in [-0.2, 0) is 11.3 Å². The number of fused-ring (bicyclic) bond motifs is 1. The standard InChI is InChI=1S/C23H24N2O4/c1-28-17-8-10-18(11-9-17)29-15-14-25-16-20(19-6-2-3-7-21(19)25)22(26)23(27)24-12-4-5-13-24/h2-3,6-11,16H,4-5,12-15H2,1H3. The van der Waals surface area contributed by atoms with Crippen molar-refractivity contribution in [3.05, 3.63) is 60.3 Å². The second kappa shape index (κ2) is 8.39. The molecule has 6 nitrogen and oxygen atoms in total. The van der Waals surface area contributed by atoms with E-state index in [-0.39, 0.29) is 0 Å². The summed E-state index contributed by atoms with van der Waals surface area (Å²) in [7, 11) is 1.63. The number of Topliss-reactive ketones (excluding diaryl/α,β-unsaturated/α-hetero) is 1. The molecule has 1 fully saturated rings. The Morgan fingerprint density at radius 3 is 2.38 bits per heavy atom. The number of hydrogen-bond donors (Lipinski definition) is 0. The molecule has 0 radical (unpaired) electrons. The molecule has 0 saturated carbocycles. The molecule has 0 spiro atoms. The Balaban J connectivity index is 1.50. The van der Waals surface area contributed by atoms with E-state index in [4.69, 9.17) is 9.47 Å². The van der Waals surface area contributed by atoms with Crippen molar-refractivity contribution in [1.29, 1.82) is 0 Å². The van der Waals surface area contributed by atoms with Crippen LogP contribution in [0.1, 0.15) is 23.2 Å². The summed E-state index contributed by atoms with van der Waals surface area (Å²) in [6.07, 6.45) is 3.70. The average molecular weight is 392 g/mol. The lowest BCUT2D eigenvalue weighted by Gasteiger charge is -2.13. The van der Waals surface area contributed by atoms with Crippen molar-refractivity contribution in [2.45, 2.75) is 19.4 Å². The zero-order chi connectivity index (χ0) is 20.2. The fraction of sp³-hybridized carbons (Fsp3) is 0.304. The predicted octanol–water partition coefficient (Wildman–Crippen LogP) is 3.53. The summed E-state index contributed by atoms with van der Waals surface area (Å²) >= 11 is 0. The SMILES string of the molecule is COc1ccc(OCCn2cc(C(=O)C(=O)N3CCCC3)c3ccccc32)cc1. The van der Waals surface area contributed by atoms with Crippen LogP contribution in [-0.4, -0.2) is 48.0 Å². The second-order valence-corrected chi connectivity index (χ2v) is 7.11. The summed E-state index contributed by atoms with van der Waals surface area (Å²) in [5, 5.41) is 0.800. The molecule has 1 amide bonds. The lowest BCUT2D eigenvalue weighted by Crippen LogP contribution is -2.34. The molecule has 2 heterocycles. The van der Waals surface area contributed by atoms with Gasteiger partial charge in [-0.15, -0.1) is 0 Å². The highest BCUT2D eigenvalue weighted by molar-refractivity contribution is 6.44. The maximum Gasteiger partial charge on any atom is 0.295 e. The van der Waals surface area contributed by atoms with Crippen molar-refractivity contribution in [3.63, 3.8) is 0 Å². The minimum Gasteiger partial charge on any atom is -0.497 e. The molecule has 150 valence electrons. The van der Waals surface area contributed by atoms with Gasteiger partial charge in [-0.1, -0.05) is 18.2 Å². The summed E-state index contributed by atoms with van der Waals surface area (Å²) in [4.78, 5) is 27.1. The molecule has 4 rings (SSSR count). The molecule has 3 aromatic rings. The number of aromatic nitrogens is 1. The highest BCUT2D eigenvalue weighted by atomic mass is 16.5. The van der Waals surface area contributed by atoms with Crippen LogP contribution < -0.4 is 9.47 Å². The Kier molecular flexibility index (Phi) is 5.51. The number of hydrogen-bond acceptors (Lipinski definition) is 4. The largest absolute Gasteiger partial charge is 0.497 e. The molecule has 6 heteroatoms. The number of para-hydroxylation sites is 1. The van der Waals surface area contributed by atoms with Crippen LogP contribution in [0.5, 0.6) is 11.5 Å². The Hall–Kier alpha value is -3.28. The maximum atomic E-state index is 12.9. The fourth-order valence-electron chi connectivity index (χ4n) is 3.73. The smallest absolute Gasteiger partial charge is 0.295 e. The van der Waals surface area contributed by atoms with Gasteiger partial charge in [-0.3, -0.25) is 9.59 Å². The second-order valence-electron chi connectivity index (χ2n) is 7.11. The van der Waals surface area contributed by atoms with Gasteiger partial charge in [-0.05, 0) is 43.2 Å². The number of likely N-dealkylation sites (tertiary alicyclic amines) is 1. The van der Waals surface area contributed by atoms with Crippen LogP contribution >= 0.6 is 0 Å². The minimum atomic E-state index is -0.432. The third kappa shape index (κ3) is 3.97. The van der Waals surface area contributed by atoms with Gasteiger partial charge in [0.15, 0.2) is 0 Å². The highest BCUT2D eigenvalue weighted by Gasteiger charge is 2.27. The van der Waals surface area contributed by atoms with Crippen molar-refractivity contribution in [2.75, 3.05) is 26.8 Å². The highest BCUT2D eigenvalue weighted by Crippen LogP contribution is 2.23. The molecular formula is C23H24N2O4. The van der Waals surface area contributed by atoms with E-state index >= 15 is 0 Å². The molecule has 1 aliphatic rings. The van der Waals surface area contributed by atoms with Gasteiger partial charge >= 0.3 is 0 Å². The summed E-state index contributed by atoms with van der Waals surface area (Å²) < 4.78 is 12.9. The first-order chi connectivity index (χ1) is 14.2. The van der Waals surface area contributed by atoms with Gasteiger partial charge in [0.2, 0.25) is 0 Å². The molecule has 0 aliphatic carbocycles. The lowest BCUT2D eigenvalue weighted by atomic mass is 10.1. The molecule has 2 aromatic carbocycles. The minimum absolute atomic E-state index is 0.403. The molecular weight excluding hydrogens is 368 g/mol. The fourth-order valence-corrected chi connectivity index (χ4v) is 3.73. The average Bonchev–Trinajstić information content (AvgIpc) is 3.42. The Bertz CT molecular complexity index is 1020. The van der Waals surface area contributed by atoms with E-state index in [1.54, 1.807) is 18.2 Å². The quantitative estimate of drug-likeness (QED) is 0.456. The first-order valence-corrected chi connectivity index (χ1v) is 9.85. The van der Waals surface area contributed by atoms with Gasteiger partial charge in [-0.2, -0.15) is 0 Å². The van der Waals surface area contributed by atoms with Crippen molar-refractivity contribution in [3.8, 4) is 11.5 Å². The van der Waals surface area contributed by atoms with Crippen molar-refractivity contribution in [2.24, 2.45) is 0 Å². The number of carbonyl (C=O) groups excluding carboxylic acids is 2. The normalized spacial score (nSPS) is 13.6. The molecule has 1 aromatic heterocycles. The third-order valence-electron chi connectivity index (χ3n) is 5.28. The number of rotatable bonds is 7.